The molecule has 0 aliphatic heterocycles. The Morgan fingerprint density at radius 1 is 1.50 bits per heavy atom. The molecule has 2 heteroatoms. The minimum Gasteiger partial charge on any atom is -1.00 e. The van der Waals surface area contributed by atoms with E-state index in [1.807, 2.05) is 0 Å². The minimum absolute atomic E-state index is 0. The van der Waals surface area contributed by atoms with Crippen LogP contribution in [0.3, 0.4) is 0 Å². The molecule has 0 spiro atoms. The van der Waals surface area contributed by atoms with Gasteiger partial charge in [-0.3, -0.25) is 0 Å². The molecule has 0 fully saturated rings. The molecular weight excluding hydrogens is 57.9 g/mol. The van der Waals surface area contributed by atoms with Crippen molar-refractivity contribution in [2.24, 2.45) is 0 Å². The van der Waals surface area contributed by atoms with Gasteiger partial charge in [-0.2, -0.15) is 0 Å². The van der Waals surface area contributed by atoms with Crippen LogP contribution in [0.5, 0.6) is 0 Å². The Bertz CT molecular complexity index is 9.61. The molecule has 0 aliphatic rings. The van der Waals surface area contributed by atoms with Gasteiger partial charge < -0.3 is 1.43 Å². The molecule has 0 unspecified atom stereocenters. The van der Waals surface area contributed by atoms with E-state index in [9.17, 15) is 0 Å². The van der Waals surface area contributed by atoms with Gasteiger partial charge in [0.2, 0.25) is 0 Å². The first-order chi connectivity index (χ1) is 1.41. The topological polar surface area (TPSA) is 0 Å². The van der Waals surface area contributed by atoms with Gasteiger partial charge >= 0.3 is 18.9 Å². The van der Waals surface area contributed by atoms with Gasteiger partial charge in [0.15, 0.2) is 15.2 Å². The van der Waals surface area contributed by atoms with Gasteiger partial charge in [-0.15, -0.1) is 11.6 Å². The summed E-state index contributed by atoms with van der Waals surface area (Å²) in [6, 6.07) is 0. The van der Waals surface area contributed by atoms with Crippen LogP contribution in [0, 0.1) is 0 Å². The molecule has 0 nitrogen and oxygen atoms in total. The molecule has 0 aromatic rings. The van der Waals surface area contributed by atoms with Crippen molar-refractivity contribution < 1.29 is 20.3 Å². The zero-order chi connectivity index (χ0) is 2.71. The minimum atomic E-state index is 0. The van der Waals surface area contributed by atoms with Gasteiger partial charge in [0.25, 0.3) is 0 Å². The zero-order valence-electron chi connectivity index (χ0n) is 4.58. The molecule has 4 heavy (non-hydrogen) atoms. The summed E-state index contributed by atoms with van der Waals surface area (Å²) in [4.78, 5) is 0. The number of rotatable bonds is 0. The fourth-order valence-corrected chi connectivity index (χ4v) is 0. The first-order valence-corrected chi connectivity index (χ1v) is 3.46. The quantitative estimate of drug-likeness (QED) is 0.284. The van der Waals surface area contributed by atoms with Crippen LogP contribution in [0.25, 0.3) is 0 Å². The van der Waals surface area contributed by atoms with Crippen LogP contribution in [-0.4, -0.2) is 15.2 Å². The summed E-state index contributed by atoms with van der Waals surface area (Å²) >= 11 is 0.750. The Morgan fingerprint density at radius 3 is 1.50 bits per heavy atom. The predicted molar refractivity (Wildman–Crippen MR) is 18.6 cm³/mol. The monoisotopic (exact) mass is 65.1 g/mol. The molecule has 1 radical (unpaired) electrons. The maximum absolute atomic E-state index is 2.21. The SMILES string of the molecule is [CH3][Al][CH3].[H-].[Li+]. The van der Waals surface area contributed by atoms with Gasteiger partial charge in [-0.05, 0) is 0 Å². The molecule has 0 bridgehead atoms. The average Bonchev–Trinajstić information content (AvgIpc) is 0.918. The summed E-state index contributed by atoms with van der Waals surface area (Å²) in [6.07, 6.45) is 0. The van der Waals surface area contributed by atoms with Gasteiger partial charge in [-0.25, -0.2) is 0 Å². The molecule has 0 rings (SSSR count). The molecule has 0 N–H and O–H groups in total. The van der Waals surface area contributed by atoms with Crippen LogP contribution in [0.15, 0.2) is 0 Å². The molecule has 0 heterocycles. The Kier molecular flexibility index (Phi) is 19.9. The van der Waals surface area contributed by atoms with Crippen molar-refractivity contribution in [2.75, 3.05) is 0 Å². The summed E-state index contributed by atoms with van der Waals surface area (Å²) in [7, 11) is 0. The fraction of sp³-hybridized carbons (Fsp3) is 1.00. The van der Waals surface area contributed by atoms with Crippen molar-refractivity contribution in [1.29, 1.82) is 0 Å². The summed E-state index contributed by atoms with van der Waals surface area (Å²) in [5, 5.41) is 0. The van der Waals surface area contributed by atoms with Crippen molar-refractivity contribution in [1.82, 2.24) is 0 Å². The second-order valence-electron chi connectivity index (χ2n) is 0.577. The largest absolute Gasteiger partial charge is 1.00 e. The number of hydrogen-bond donors (Lipinski definition) is 0. The van der Waals surface area contributed by atoms with Crippen LogP contribution in [-0.2, 0) is 0 Å². The molecule has 0 aliphatic carbocycles. The maximum atomic E-state index is 2.21. The van der Waals surface area contributed by atoms with Crippen molar-refractivity contribution in [2.45, 2.75) is 11.6 Å². The van der Waals surface area contributed by atoms with E-state index >= 15 is 0 Å². The third-order valence-corrected chi connectivity index (χ3v) is 0. The Hall–Kier alpha value is 1.13. The van der Waals surface area contributed by atoms with E-state index in [4.69, 9.17) is 0 Å². The van der Waals surface area contributed by atoms with E-state index in [1.54, 1.807) is 0 Å². The molecule has 0 atom stereocenters. The smallest absolute Gasteiger partial charge is 1.00 e. The Morgan fingerprint density at radius 2 is 1.50 bits per heavy atom. The van der Waals surface area contributed by atoms with Gasteiger partial charge in [0.1, 0.15) is 0 Å². The molecule has 0 aromatic carbocycles. The van der Waals surface area contributed by atoms with E-state index in [2.05, 4.69) is 11.6 Å². The van der Waals surface area contributed by atoms with Crippen LogP contribution >= 0.6 is 0 Å². The second-order valence-corrected chi connectivity index (χ2v) is 1.73. The summed E-state index contributed by atoms with van der Waals surface area (Å²) in [5.41, 5.74) is 0. The molecule has 19 valence electrons. The normalized spacial score (nSPS) is 3.50. The molecule has 0 aromatic heterocycles. The number of hydrogen-bond acceptors (Lipinski definition) is 0. The average molecular weight is 65.0 g/mol. The van der Waals surface area contributed by atoms with Gasteiger partial charge in [0.05, 0.1) is 0 Å². The molecule has 0 saturated carbocycles. The van der Waals surface area contributed by atoms with Crippen molar-refractivity contribution in [3.8, 4) is 0 Å². The third-order valence-electron chi connectivity index (χ3n) is 0. The van der Waals surface area contributed by atoms with Crippen LogP contribution in [0.2, 0.25) is 11.6 Å². The van der Waals surface area contributed by atoms with Gasteiger partial charge in [-0.1, -0.05) is 0 Å². The maximum Gasteiger partial charge on any atom is 1.00 e. The van der Waals surface area contributed by atoms with Crippen molar-refractivity contribution >= 4 is 15.2 Å². The predicted octanol–water partition coefficient (Wildman–Crippen LogP) is -2.10. The zero-order valence-corrected chi connectivity index (χ0v) is 4.73. The van der Waals surface area contributed by atoms with Crippen LogP contribution < -0.4 is 18.9 Å². The molecule has 0 saturated heterocycles. The van der Waals surface area contributed by atoms with E-state index in [0.29, 0.717) is 0 Å². The molecular formula is C2H7AlLi. The second kappa shape index (κ2) is 8.92. The first kappa shape index (κ1) is 8.93. The van der Waals surface area contributed by atoms with Crippen LogP contribution in [0.1, 0.15) is 1.43 Å². The van der Waals surface area contributed by atoms with Gasteiger partial charge in [0, 0.05) is 0 Å². The third kappa shape index (κ3) is 11.1. The van der Waals surface area contributed by atoms with Crippen molar-refractivity contribution in [3.63, 3.8) is 0 Å². The van der Waals surface area contributed by atoms with E-state index < -0.39 is 0 Å². The van der Waals surface area contributed by atoms with Crippen LogP contribution in [0.4, 0.5) is 0 Å². The standard InChI is InChI=1S/2CH3.Al.Li.H/h2*1H3;;;/q;;;+1;-1. The fourth-order valence-electron chi connectivity index (χ4n) is 0. The first-order valence-electron chi connectivity index (χ1n) is 1.15. The summed E-state index contributed by atoms with van der Waals surface area (Å²) in [6.45, 7) is 0. The van der Waals surface area contributed by atoms with Crippen molar-refractivity contribution in [3.05, 3.63) is 0 Å². The molecule has 0 amide bonds. The Labute approximate surface area is 47.3 Å². The van der Waals surface area contributed by atoms with E-state index in [0.717, 1.165) is 15.2 Å². The van der Waals surface area contributed by atoms with E-state index in [-0.39, 0.29) is 20.3 Å². The Balaban J connectivity index is -0.0000000200. The van der Waals surface area contributed by atoms with E-state index in [1.165, 1.54) is 0 Å². The summed E-state index contributed by atoms with van der Waals surface area (Å²) < 4.78 is 0. The summed E-state index contributed by atoms with van der Waals surface area (Å²) in [5.74, 6) is 4.42.